The van der Waals surface area contributed by atoms with Gasteiger partial charge in [-0.25, -0.2) is 0 Å². The van der Waals surface area contributed by atoms with Crippen LogP contribution in [0.2, 0.25) is 0 Å². The van der Waals surface area contributed by atoms with E-state index >= 15 is 0 Å². The number of aliphatic hydroxyl groups excluding tert-OH is 1. The van der Waals surface area contributed by atoms with E-state index < -0.39 is 0 Å². The van der Waals surface area contributed by atoms with Crippen LogP contribution in [0.5, 0.6) is 5.75 Å². The lowest BCUT2D eigenvalue weighted by molar-refractivity contribution is 0.0562. The Hall–Kier alpha value is -1.75. The Kier molecular flexibility index (Phi) is 4.84. The molecule has 2 rings (SSSR count). The Morgan fingerprint density at radius 2 is 2.25 bits per heavy atom. The lowest BCUT2D eigenvalue weighted by atomic mass is 9.90. The molecule has 0 heterocycles. The number of aliphatic hydroxyl groups is 1. The van der Waals surface area contributed by atoms with Gasteiger partial charge in [0.25, 0.3) is 5.91 Å². The van der Waals surface area contributed by atoms with Crippen LogP contribution in [0, 0.1) is 0 Å². The van der Waals surface area contributed by atoms with Gasteiger partial charge in [0.05, 0.1) is 12.8 Å². The molecule has 0 radical (unpaired) electrons. The molecule has 1 saturated carbocycles. The molecular weight excluding hydrogens is 256 g/mol. The molecule has 0 saturated heterocycles. The highest BCUT2D eigenvalue weighted by Crippen LogP contribution is 2.28. The zero-order valence-electron chi connectivity index (χ0n) is 11.8. The zero-order chi connectivity index (χ0) is 14.5. The van der Waals surface area contributed by atoms with Crippen LogP contribution in [0.15, 0.2) is 18.2 Å². The topological polar surface area (TPSA) is 75.8 Å². The van der Waals surface area contributed by atoms with Gasteiger partial charge >= 0.3 is 0 Å². The number of hydrogen-bond donors (Lipinski definition) is 2. The van der Waals surface area contributed by atoms with Crippen LogP contribution in [0.1, 0.15) is 36.0 Å². The van der Waals surface area contributed by atoms with Crippen molar-refractivity contribution in [2.75, 3.05) is 26.0 Å². The summed E-state index contributed by atoms with van der Waals surface area (Å²) in [6.45, 7) is 0.689. The number of nitrogen functional groups attached to an aromatic ring is 1. The molecule has 0 unspecified atom stereocenters. The van der Waals surface area contributed by atoms with Gasteiger partial charge in [0.1, 0.15) is 5.75 Å². The van der Waals surface area contributed by atoms with Crippen LogP contribution in [0.4, 0.5) is 5.69 Å². The van der Waals surface area contributed by atoms with Gasteiger partial charge in [-0.2, -0.15) is 0 Å². The Bertz CT molecular complexity index is 472. The summed E-state index contributed by atoms with van der Waals surface area (Å²) in [6, 6.07) is 5.40. The first-order chi connectivity index (χ1) is 9.67. The van der Waals surface area contributed by atoms with E-state index in [1.165, 1.54) is 13.5 Å². The molecule has 0 atom stereocenters. The second-order valence-corrected chi connectivity index (χ2v) is 5.12. The van der Waals surface area contributed by atoms with E-state index in [2.05, 4.69) is 0 Å². The van der Waals surface area contributed by atoms with E-state index in [9.17, 15) is 4.79 Å². The van der Waals surface area contributed by atoms with Gasteiger partial charge in [-0.1, -0.05) is 0 Å². The number of hydrogen-bond acceptors (Lipinski definition) is 4. The fourth-order valence-electron chi connectivity index (χ4n) is 2.40. The number of anilines is 1. The highest BCUT2D eigenvalue weighted by molar-refractivity contribution is 5.95. The highest BCUT2D eigenvalue weighted by atomic mass is 16.5. The largest absolute Gasteiger partial charge is 0.495 e. The van der Waals surface area contributed by atoms with Gasteiger partial charge < -0.3 is 20.5 Å². The summed E-state index contributed by atoms with van der Waals surface area (Å²) in [4.78, 5) is 14.5. The number of nitrogens with zero attached hydrogens (tertiary/aromatic N) is 1. The van der Waals surface area contributed by atoms with E-state index in [-0.39, 0.29) is 12.5 Å². The number of benzene rings is 1. The number of nitrogens with two attached hydrogens (primary N) is 1. The minimum atomic E-state index is -0.0125. The second-order valence-electron chi connectivity index (χ2n) is 5.12. The van der Waals surface area contributed by atoms with Crippen LogP contribution in [-0.4, -0.2) is 42.2 Å². The van der Waals surface area contributed by atoms with E-state index in [0.717, 1.165) is 12.8 Å². The van der Waals surface area contributed by atoms with Gasteiger partial charge in [-0.05, 0) is 43.9 Å². The predicted molar refractivity (Wildman–Crippen MR) is 77.8 cm³/mol. The molecule has 1 aliphatic carbocycles. The first-order valence-electron chi connectivity index (χ1n) is 7.02. The third-order valence-corrected chi connectivity index (χ3v) is 3.81. The smallest absolute Gasteiger partial charge is 0.254 e. The zero-order valence-corrected chi connectivity index (χ0v) is 11.8. The lowest BCUT2D eigenvalue weighted by Crippen LogP contribution is -2.45. The van der Waals surface area contributed by atoms with E-state index in [4.69, 9.17) is 15.6 Å². The van der Waals surface area contributed by atoms with Crippen LogP contribution in [0.3, 0.4) is 0 Å². The molecule has 3 N–H and O–H groups in total. The maximum Gasteiger partial charge on any atom is 0.254 e. The van der Waals surface area contributed by atoms with Crippen LogP contribution < -0.4 is 10.5 Å². The van der Waals surface area contributed by atoms with E-state index in [0.29, 0.717) is 36.0 Å². The molecule has 1 fully saturated rings. The van der Waals surface area contributed by atoms with Crippen molar-refractivity contribution < 1.29 is 14.6 Å². The van der Waals surface area contributed by atoms with Crippen molar-refractivity contribution in [3.05, 3.63) is 23.8 Å². The summed E-state index contributed by atoms with van der Waals surface area (Å²) >= 11 is 0. The monoisotopic (exact) mass is 278 g/mol. The fourth-order valence-corrected chi connectivity index (χ4v) is 2.40. The minimum absolute atomic E-state index is 0.0125. The molecular formula is C15H22N2O3. The molecule has 20 heavy (non-hydrogen) atoms. The van der Waals surface area contributed by atoms with Gasteiger partial charge in [0, 0.05) is 24.8 Å². The molecule has 1 aromatic rings. The molecule has 5 heteroatoms. The van der Waals surface area contributed by atoms with Gasteiger partial charge in [0.2, 0.25) is 0 Å². The Labute approximate surface area is 119 Å². The molecule has 0 aliphatic heterocycles. The van der Waals surface area contributed by atoms with Crippen molar-refractivity contribution in [1.82, 2.24) is 4.90 Å². The predicted octanol–water partition coefficient (Wildman–Crippen LogP) is 1.65. The first-order valence-corrected chi connectivity index (χ1v) is 7.02. The Balaban J connectivity index is 2.17. The molecule has 110 valence electrons. The average Bonchev–Trinajstić information content (AvgIpc) is 2.41. The Morgan fingerprint density at radius 1 is 1.50 bits per heavy atom. The molecule has 1 aromatic carbocycles. The number of methoxy groups -OCH3 is 1. The van der Waals surface area contributed by atoms with Crippen molar-refractivity contribution in [3.8, 4) is 5.75 Å². The highest BCUT2D eigenvalue weighted by Gasteiger charge is 2.29. The van der Waals surface area contributed by atoms with Gasteiger partial charge in [0.15, 0.2) is 0 Å². The first kappa shape index (κ1) is 14.7. The summed E-state index contributed by atoms with van der Waals surface area (Å²) in [7, 11) is 1.54. The maximum absolute atomic E-state index is 12.6. The number of carbonyl (C=O) groups is 1. The fraction of sp³-hybridized carbons (Fsp3) is 0.533. The van der Waals surface area contributed by atoms with Gasteiger partial charge in [-0.3, -0.25) is 4.79 Å². The van der Waals surface area contributed by atoms with E-state index in [1.54, 1.807) is 18.2 Å². The normalized spacial score (nSPS) is 14.7. The minimum Gasteiger partial charge on any atom is -0.495 e. The number of amides is 1. The quantitative estimate of drug-likeness (QED) is 0.776. The molecule has 0 bridgehead atoms. The van der Waals surface area contributed by atoms with Crippen LogP contribution in [-0.2, 0) is 0 Å². The summed E-state index contributed by atoms with van der Waals surface area (Å²) in [5, 5.41) is 8.98. The molecule has 0 spiro atoms. The summed E-state index contributed by atoms with van der Waals surface area (Å²) < 4.78 is 5.16. The van der Waals surface area contributed by atoms with Crippen LogP contribution >= 0.6 is 0 Å². The summed E-state index contributed by atoms with van der Waals surface area (Å²) in [5.74, 6) is 0.507. The SMILES string of the molecule is COc1cc(C(=O)N(CCCO)C2CCC2)ccc1N. The van der Waals surface area contributed by atoms with Crippen molar-refractivity contribution in [1.29, 1.82) is 0 Å². The van der Waals surface area contributed by atoms with Gasteiger partial charge in [-0.15, -0.1) is 0 Å². The third-order valence-electron chi connectivity index (χ3n) is 3.81. The number of rotatable bonds is 6. The molecule has 1 aliphatic rings. The number of ether oxygens (including phenoxy) is 1. The standard InChI is InChI=1S/C15H22N2O3/c1-20-14-10-11(6-7-13(14)16)15(19)17(8-3-9-18)12-4-2-5-12/h6-7,10,12,18H,2-5,8-9,16H2,1H3. The third kappa shape index (κ3) is 3.04. The van der Waals surface area contributed by atoms with E-state index in [1.807, 2.05) is 4.90 Å². The molecule has 1 amide bonds. The number of carbonyl (C=O) groups excluding carboxylic acids is 1. The van der Waals surface area contributed by atoms with Crippen LogP contribution in [0.25, 0.3) is 0 Å². The second kappa shape index (κ2) is 6.61. The maximum atomic E-state index is 12.6. The average molecular weight is 278 g/mol. The van der Waals surface area contributed by atoms with Crippen molar-refractivity contribution in [3.63, 3.8) is 0 Å². The Morgan fingerprint density at radius 3 is 2.80 bits per heavy atom. The summed E-state index contributed by atoms with van der Waals surface area (Å²) in [6.07, 6.45) is 3.86. The van der Waals surface area contributed by atoms with Crippen molar-refractivity contribution >= 4 is 11.6 Å². The van der Waals surface area contributed by atoms with Crippen molar-refractivity contribution in [2.24, 2.45) is 0 Å². The molecule has 5 nitrogen and oxygen atoms in total. The lowest BCUT2D eigenvalue weighted by Gasteiger charge is -2.37. The van der Waals surface area contributed by atoms with Crippen molar-refractivity contribution in [2.45, 2.75) is 31.7 Å². The molecule has 0 aromatic heterocycles. The summed E-state index contributed by atoms with van der Waals surface area (Å²) in [5.41, 5.74) is 6.88.